The minimum atomic E-state index is 0.284. The van der Waals surface area contributed by atoms with E-state index in [0.29, 0.717) is 11.6 Å². The summed E-state index contributed by atoms with van der Waals surface area (Å²) in [6.07, 6.45) is 0. The van der Waals surface area contributed by atoms with Gasteiger partial charge in [-0.2, -0.15) is 5.26 Å². The summed E-state index contributed by atoms with van der Waals surface area (Å²) >= 11 is 0. The summed E-state index contributed by atoms with van der Waals surface area (Å²) in [6, 6.07) is 5.06. The molecule has 0 aliphatic carbocycles. The van der Waals surface area contributed by atoms with Gasteiger partial charge in [-0.3, -0.25) is 0 Å². The monoisotopic (exact) mass is 164 g/mol. The first-order chi connectivity index (χ1) is 5.80. The number of nitrogens with zero attached hydrogens (tertiary/aromatic N) is 2. The zero-order valence-electron chi connectivity index (χ0n) is 6.87. The quantitative estimate of drug-likeness (QED) is 0.653. The molecule has 0 amide bonds. The molecule has 1 heterocycles. The van der Waals surface area contributed by atoms with Crippen molar-refractivity contribution in [3.63, 3.8) is 0 Å². The Bertz CT molecular complexity index is 295. The molecule has 0 saturated carbocycles. The van der Waals surface area contributed by atoms with Crippen molar-refractivity contribution in [1.29, 1.82) is 5.26 Å². The van der Waals surface area contributed by atoms with Crippen molar-refractivity contribution in [3.05, 3.63) is 17.8 Å². The summed E-state index contributed by atoms with van der Waals surface area (Å²) < 4.78 is 9.78. The average Bonchev–Trinajstić information content (AvgIpc) is 2.16. The molecule has 0 aromatic carbocycles. The van der Waals surface area contributed by atoms with Gasteiger partial charge in [0.15, 0.2) is 0 Å². The lowest BCUT2D eigenvalue weighted by Gasteiger charge is -2.02. The number of hydrogen-bond donors (Lipinski definition) is 0. The predicted octanol–water partition coefficient (Wildman–Crippen LogP) is 0.970. The molecule has 1 aromatic rings. The van der Waals surface area contributed by atoms with Gasteiger partial charge in [-0.05, 0) is 0 Å². The van der Waals surface area contributed by atoms with Crippen LogP contribution in [0.15, 0.2) is 12.1 Å². The van der Waals surface area contributed by atoms with Gasteiger partial charge in [-0.15, -0.1) is 0 Å². The first kappa shape index (κ1) is 8.34. The molecule has 0 bridgehead atoms. The van der Waals surface area contributed by atoms with Crippen molar-refractivity contribution < 1.29 is 9.47 Å². The largest absolute Gasteiger partial charge is 0.496 e. The van der Waals surface area contributed by atoms with Gasteiger partial charge in [0.2, 0.25) is 5.88 Å². The van der Waals surface area contributed by atoms with E-state index in [1.165, 1.54) is 14.2 Å². The standard InChI is InChI=1S/C8H8N2O2/c1-11-7-3-6(5-9)10-8(4-7)12-2/h3-4H,1-2H3. The summed E-state index contributed by atoms with van der Waals surface area (Å²) in [5.41, 5.74) is 0.284. The molecule has 0 fully saturated rings. The molecule has 0 atom stereocenters. The van der Waals surface area contributed by atoms with Crippen LogP contribution in [0, 0.1) is 11.3 Å². The summed E-state index contributed by atoms with van der Waals surface area (Å²) in [5.74, 6) is 0.948. The fourth-order valence-corrected chi connectivity index (χ4v) is 0.761. The van der Waals surface area contributed by atoms with E-state index in [1.54, 1.807) is 12.1 Å². The Morgan fingerprint density at radius 2 is 2.08 bits per heavy atom. The highest BCUT2D eigenvalue weighted by Crippen LogP contribution is 2.17. The third-order valence-electron chi connectivity index (χ3n) is 1.33. The molecule has 0 N–H and O–H groups in total. The Balaban J connectivity index is 3.12. The van der Waals surface area contributed by atoms with Gasteiger partial charge in [0, 0.05) is 12.1 Å². The Labute approximate surface area is 70.4 Å². The van der Waals surface area contributed by atoms with E-state index in [0.717, 1.165) is 0 Å². The lowest BCUT2D eigenvalue weighted by Crippen LogP contribution is -1.92. The Morgan fingerprint density at radius 3 is 2.58 bits per heavy atom. The van der Waals surface area contributed by atoms with Crippen LogP contribution in [0.2, 0.25) is 0 Å². The lowest BCUT2D eigenvalue weighted by atomic mass is 10.3. The van der Waals surface area contributed by atoms with Gasteiger partial charge in [0.05, 0.1) is 14.2 Å². The molecule has 12 heavy (non-hydrogen) atoms. The maximum absolute atomic E-state index is 8.55. The van der Waals surface area contributed by atoms with E-state index >= 15 is 0 Å². The maximum atomic E-state index is 8.55. The smallest absolute Gasteiger partial charge is 0.217 e. The van der Waals surface area contributed by atoms with E-state index in [4.69, 9.17) is 14.7 Å². The van der Waals surface area contributed by atoms with Crippen LogP contribution in [-0.4, -0.2) is 19.2 Å². The summed E-state index contributed by atoms with van der Waals surface area (Å²) in [6.45, 7) is 0. The Morgan fingerprint density at radius 1 is 1.33 bits per heavy atom. The van der Waals surface area contributed by atoms with E-state index in [-0.39, 0.29) is 5.69 Å². The van der Waals surface area contributed by atoms with Crippen molar-refractivity contribution in [3.8, 4) is 17.7 Å². The number of ether oxygens (including phenoxy) is 2. The van der Waals surface area contributed by atoms with Crippen molar-refractivity contribution in [2.24, 2.45) is 0 Å². The van der Waals surface area contributed by atoms with Gasteiger partial charge >= 0.3 is 0 Å². The van der Waals surface area contributed by atoms with E-state index in [9.17, 15) is 0 Å². The highest BCUT2D eigenvalue weighted by molar-refractivity contribution is 5.35. The normalized spacial score (nSPS) is 8.75. The van der Waals surface area contributed by atoms with E-state index < -0.39 is 0 Å². The number of methoxy groups -OCH3 is 2. The van der Waals surface area contributed by atoms with Gasteiger partial charge in [0.25, 0.3) is 0 Å². The minimum absolute atomic E-state index is 0.284. The number of rotatable bonds is 2. The Hall–Kier alpha value is -1.76. The number of aromatic nitrogens is 1. The van der Waals surface area contributed by atoms with Gasteiger partial charge in [-0.25, -0.2) is 4.98 Å². The fourth-order valence-electron chi connectivity index (χ4n) is 0.761. The topological polar surface area (TPSA) is 55.1 Å². The third-order valence-corrected chi connectivity index (χ3v) is 1.33. The first-order valence-corrected chi connectivity index (χ1v) is 3.30. The second kappa shape index (κ2) is 3.58. The molecule has 0 saturated heterocycles. The number of hydrogen-bond acceptors (Lipinski definition) is 4. The third kappa shape index (κ3) is 1.64. The predicted molar refractivity (Wildman–Crippen MR) is 42.1 cm³/mol. The summed E-state index contributed by atoms with van der Waals surface area (Å²) in [7, 11) is 3.01. The highest BCUT2D eigenvalue weighted by Gasteiger charge is 2.01. The van der Waals surface area contributed by atoms with Gasteiger partial charge in [-0.1, -0.05) is 0 Å². The molecule has 1 aromatic heterocycles. The van der Waals surface area contributed by atoms with Gasteiger partial charge < -0.3 is 9.47 Å². The SMILES string of the molecule is COc1cc(C#N)nc(OC)c1. The molecular weight excluding hydrogens is 156 g/mol. The molecule has 0 unspecified atom stereocenters. The van der Waals surface area contributed by atoms with E-state index in [1.807, 2.05) is 6.07 Å². The second-order valence-corrected chi connectivity index (χ2v) is 2.05. The second-order valence-electron chi connectivity index (χ2n) is 2.05. The molecule has 0 radical (unpaired) electrons. The fraction of sp³-hybridized carbons (Fsp3) is 0.250. The molecule has 62 valence electrons. The molecular formula is C8H8N2O2. The van der Waals surface area contributed by atoms with Crippen molar-refractivity contribution in [2.75, 3.05) is 14.2 Å². The summed E-state index contributed by atoms with van der Waals surface area (Å²) in [4.78, 5) is 3.86. The number of nitriles is 1. The average molecular weight is 164 g/mol. The van der Waals surface area contributed by atoms with Crippen LogP contribution in [0.25, 0.3) is 0 Å². The van der Waals surface area contributed by atoms with Crippen LogP contribution >= 0.6 is 0 Å². The zero-order chi connectivity index (χ0) is 8.97. The molecule has 4 nitrogen and oxygen atoms in total. The lowest BCUT2D eigenvalue weighted by molar-refractivity contribution is 0.382. The maximum Gasteiger partial charge on any atom is 0.217 e. The van der Waals surface area contributed by atoms with Crippen LogP contribution in [0.3, 0.4) is 0 Å². The van der Waals surface area contributed by atoms with Crippen LogP contribution in [0.1, 0.15) is 5.69 Å². The van der Waals surface area contributed by atoms with E-state index in [2.05, 4.69) is 4.98 Å². The molecule has 0 spiro atoms. The van der Waals surface area contributed by atoms with Crippen LogP contribution in [-0.2, 0) is 0 Å². The van der Waals surface area contributed by atoms with Crippen molar-refractivity contribution in [2.45, 2.75) is 0 Å². The minimum Gasteiger partial charge on any atom is -0.496 e. The van der Waals surface area contributed by atoms with Gasteiger partial charge in [0.1, 0.15) is 17.5 Å². The van der Waals surface area contributed by atoms with Crippen LogP contribution in [0.4, 0.5) is 0 Å². The van der Waals surface area contributed by atoms with Crippen LogP contribution < -0.4 is 9.47 Å². The summed E-state index contributed by atoms with van der Waals surface area (Å²) in [5, 5.41) is 8.55. The molecule has 0 aliphatic rings. The highest BCUT2D eigenvalue weighted by atomic mass is 16.5. The van der Waals surface area contributed by atoms with Crippen molar-refractivity contribution in [1.82, 2.24) is 4.98 Å². The molecule has 4 heteroatoms. The first-order valence-electron chi connectivity index (χ1n) is 3.30. The van der Waals surface area contributed by atoms with Crippen LogP contribution in [0.5, 0.6) is 11.6 Å². The number of pyridine rings is 1. The molecule has 0 aliphatic heterocycles. The van der Waals surface area contributed by atoms with Crippen molar-refractivity contribution >= 4 is 0 Å². The zero-order valence-corrected chi connectivity index (χ0v) is 6.87. The molecule has 1 rings (SSSR count). The Kier molecular flexibility index (Phi) is 2.49.